The average Bonchev–Trinajstić information content (AvgIpc) is 2.91. The van der Waals surface area contributed by atoms with Crippen LogP contribution in [0, 0.1) is 6.92 Å². The zero-order valence-corrected chi connectivity index (χ0v) is 14.3. The van der Waals surface area contributed by atoms with Crippen molar-refractivity contribution >= 4 is 33.2 Å². The van der Waals surface area contributed by atoms with Crippen LogP contribution in [0.15, 0.2) is 36.4 Å². The Balaban J connectivity index is 2.14. The SMILES string of the molecule is Cc1ccc(C(C)N(C)C(=O)c2ccc(CBr)cc2)s1. The molecule has 0 aliphatic carbocycles. The fourth-order valence-corrected chi connectivity index (χ4v) is 3.33. The van der Waals surface area contributed by atoms with Gasteiger partial charge in [0.25, 0.3) is 5.91 Å². The van der Waals surface area contributed by atoms with Gasteiger partial charge in [0.15, 0.2) is 0 Å². The topological polar surface area (TPSA) is 20.3 Å². The number of rotatable bonds is 4. The summed E-state index contributed by atoms with van der Waals surface area (Å²) < 4.78 is 0. The van der Waals surface area contributed by atoms with Crippen molar-refractivity contribution in [1.82, 2.24) is 4.90 Å². The molecule has 1 aromatic carbocycles. The molecule has 1 amide bonds. The third-order valence-electron chi connectivity index (χ3n) is 3.43. The Morgan fingerprint density at radius 2 is 1.90 bits per heavy atom. The van der Waals surface area contributed by atoms with Gasteiger partial charge in [-0.05, 0) is 43.7 Å². The number of alkyl halides is 1. The quantitative estimate of drug-likeness (QED) is 0.725. The molecule has 0 saturated heterocycles. The molecule has 1 unspecified atom stereocenters. The predicted molar refractivity (Wildman–Crippen MR) is 88.6 cm³/mol. The molecule has 0 aliphatic rings. The van der Waals surface area contributed by atoms with Crippen LogP contribution in [0.2, 0.25) is 0 Å². The van der Waals surface area contributed by atoms with Gasteiger partial charge >= 0.3 is 0 Å². The van der Waals surface area contributed by atoms with Crippen LogP contribution >= 0.6 is 27.3 Å². The molecule has 2 aromatic rings. The van der Waals surface area contributed by atoms with Crippen LogP contribution in [0.25, 0.3) is 0 Å². The van der Waals surface area contributed by atoms with Crippen molar-refractivity contribution in [3.63, 3.8) is 0 Å². The molecule has 4 heteroatoms. The molecule has 2 rings (SSSR count). The van der Waals surface area contributed by atoms with Crippen molar-refractivity contribution < 1.29 is 4.79 Å². The summed E-state index contributed by atoms with van der Waals surface area (Å²) in [6.07, 6.45) is 0. The molecule has 1 heterocycles. The molecular formula is C16H18BrNOS. The molecule has 106 valence electrons. The highest BCUT2D eigenvalue weighted by Gasteiger charge is 2.19. The molecule has 0 aliphatic heterocycles. The normalized spacial score (nSPS) is 12.2. The molecule has 1 atom stereocenters. The number of carbonyl (C=O) groups is 1. The molecule has 0 spiro atoms. The number of hydrogen-bond donors (Lipinski definition) is 0. The van der Waals surface area contributed by atoms with Crippen LogP contribution in [0.4, 0.5) is 0 Å². The first-order chi connectivity index (χ1) is 9.52. The summed E-state index contributed by atoms with van der Waals surface area (Å²) >= 11 is 5.15. The predicted octanol–water partition coefficient (Wildman–Crippen LogP) is 4.78. The second kappa shape index (κ2) is 6.55. The molecule has 0 radical (unpaired) electrons. The third-order valence-corrected chi connectivity index (χ3v) is 5.25. The number of benzene rings is 1. The van der Waals surface area contributed by atoms with Gasteiger partial charge in [0, 0.05) is 27.7 Å². The highest BCUT2D eigenvalue weighted by molar-refractivity contribution is 9.08. The van der Waals surface area contributed by atoms with Crippen LogP contribution in [-0.4, -0.2) is 17.9 Å². The van der Waals surface area contributed by atoms with Crippen molar-refractivity contribution in [3.8, 4) is 0 Å². The number of carbonyl (C=O) groups excluding carboxylic acids is 1. The Labute approximate surface area is 132 Å². The Morgan fingerprint density at radius 1 is 1.25 bits per heavy atom. The first-order valence-corrected chi connectivity index (χ1v) is 8.45. The van der Waals surface area contributed by atoms with Crippen LogP contribution in [0.5, 0.6) is 0 Å². The lowest BCUT2D eigenvalue weighted by atomic mass is 10.1. The first kappa shape index (κ1) is 15.3. The van der Waals surface area contributed by atoms with Crippen LogP contribution in [0.3, 0.4) is 0 Å². The lowest BCUT2D eigenvalue weighted by molar-refractivity contribution is 0.0745. The van der Waals surface area contributed by atoms with Gasteiger partial charge in [-0.2, -0.15) is 0 Å². The monoisotopic (exact) mass is 351 g/mol. The van der Waals surface area contributed by atoms with E-state index in [9.17, 15) is 4.79 Å². The number of halogens is 1. The maximum Gasteiger partial charge on any atom is 0.254 e. The van der Waals surface area contributed by atoms with E-state index in [-0.39, 0.29) is 11.9 Å². The highest BCUT2D eigenvalue weighted by Crippen LogP contribution is 2.27. The van der Waals surface area contributed by atoms with Crippen molar-refractivity contribution in [2.75, 3.05) is 7.05 Å². The molecule has 0 N–H and O–H groups in total. The third kappa shape index (κ3) is 3.30. The van der Waals surface area contributed by atoms with Gasteiger partial charge in [-0.3, -0.25) is 4.79 Å². The summed E-state index contributed by atoms with van der Waals surface area (Å²) in [5, 5.41) is 0.808. The van der Waals surface area contributed by atoms with Crippen molar-refractivity contribution in [2.24, 2.45) is 0 Å². The van der Waals surface area contributed by atoms with Gasteiger partial charge in [-0.25, -0.2) is 0 Å². The molecular weight excluding hydrogens is 334 g/mol. The number of nitrogens with zero attached hydrogens (tertiary/aromatic N) is 1. The largest absolute Gasteiger partial charge is 0.334 e. The van der Waals surface area contributed by atoms with Gasteiger partial charge in [0.1, 0.15) is 0 Å². The fraction of sp³-hybridized carbons (Fsp3) is 0.312. The van der Waals surface area contributed by atoms with Crippen molar-refractivity contribution in [3.05, 3.63) is 57.3 Å². The van der Waals surface area contributed by atoms with E-state index in [1.807, 2.05) is 31.3 Å². The van der Waals surface area contributed by atoms with Gasteiger partial charge < -0.3 is 4.90 Å². The minimum absolute atomic E-state index is 0.0599. The molecule has 2 nitrogen and oxygen atoms in total. The van der Waals surface area contributed by atoms with Crippen molar-refractivity contribution in [2.45, 2.75) is 25.2 Å². The van der Waals surface area contributed by atoms with Gasteiger partial charge in [-0.15, -0.1) is 11.3 Å². The Morgan fingerprint density at radius 3 is 2.40 bits per heavy atom. The Bertz CT molecular complexity index is 591. The molecule has 20 heavy (non-hydrogen) atoms. The Kier molecular flexibility index (Phi) is 5.00. The Hall–Kier alpha value is -1.13. The number of thiophene rings is 1. The summed E-state index contributed by atoms with van der Waals surface area (Å²) in [4.78, 5) is 16.8. The van der Waals surface area contributed by atoms with Gasteiger partial charge in [0.05, 0.1) is 6.04 Å². The lowest BCUT2D eigenvalue weighted by Gasteiger charge is -2.24. The number of amides is 1. The number of hydrogen-bond acceptors (Lipinski definition) is 2. The zero-order chi connectivity index (χ0) is 14.7. The zero-order valence-electron chi connectivity index (χ0n) is 11.9. The van der Waals surface area contributed by atoms with Crippen LogP contribution < -0.4 is 0 Å². The second-order valence-corrected chi connectivity index (χ2v) is 6.75. The van der Waals surface area contributed by atoms with Gasteiger partial charge in [0.2, 0.25) is 0 Å². The van der Waals surface area contributed by atoms with Crippen LogP contribution in [-0.2, 0) is 5.33 Å². The van der Waals surface area contributed by atoms with E-state index in [0.717, 1.165) is 10.9 Å². The highest BCUT2D eigenvalue weighted by atomic mass is 79.9. The number of aryl methyl sites for hydroxylation is 1. The summed E-state index contributed by atoms with van der Waals surface area (Å²) in [5.41, 5.74) is 1.91. The minimum Gasteiger partial charge on any atom is -0.334 e. The molecule has 0 bridgehead atoms. The van der Waals surface area contributed by atoms with E-state index >= 15 is 0 Å². The van der Waals surface area contributed by atoms with E-state index < -0.39 is 0 Å². The van der Waals surface area contributed by atoms with E-state index in [0.29, 0.717) is 0 Å². The smallest absolute Gasteiger partial charge is 0.254 e. The maximum atomic E-state index is 12.5. The minimum atomic E-state index is 0.0599. The summed E-state index contributed by atoms with van der Waals surface area (Å²) in [5.74, 6) is 0.0599. The van der Waals surface area contributed by atoms with Crippen molar-refractivity contribution in [1.29, 1.82) is 0 Å². The fourth-order valence-electron chi connectivity index (χ4n) is 1.98. The molecule has 0 fully saturated rings. The average molecular weight is 352 g/mol. The maximum absolute atomic E-state index is 12.5. The van der Waals surface area contributed by atoms with E-state index in [1.165, 1.54) is 15.3 Å². The summed E-state index contributed by atoms with van der Waals surface area (Å²) in [6, 6.07) is 12.0. The molecule has 0 saturated carbocycles. The van der Waals surface area contributed by atoms with Crippen LogP contribution in [0.1, 0.15) is 38.6 Å². The van der Waals surface area contributed by atoms with E-state index in [1.54, 1.807) is 16.2 Å². The van der Waals surface area contributed by atoms with E-state index in [4.69, 9.17) is 0 Å². The van der Waals surface area contributed by atoms with Gasteiger partial charge in [-0.1, -0.05) is 28.1 Å². The second-order valence-electron chi connectivity index (χ2n) is 4.87. The van der Waals surface area contributed by atoms with E-state index in [2.05, 4.69) is 41.9 Å². The first-order valence-electron chi connectivity index (χ1n) is 6.51. The summed E-state index contributed by atoms with van der Waals surface area (Å²) in [7, 11) is 1.86. The standard InChI is InChI=1S/C16H18BrNOS/c1-11-4-9-15(20-11)12(2)18(3)16(19)14-7-5-13(10-17)6-8-14/h4-9,12H,10H2,1-3H3. The summed E-state index contributed by atoms with van der Waals surface area (Å²) in [6.45, 7) is 4.15. The lowest BCUT2D eigenvalue weighted by Crippen LogP contribution is -2.29. The molecule has 1 aromatic heterocycles.